The van der Waals surface area contributed by atoms with Gasteiger partial charge in [-0.05, 0) is 13.3 Å². The first-order chi connectivity index (χ1) is 6.99. The van der Waals surface area contributed by atoms with Crippen molar-refractivity contribution < 1.29 is 19.4 Å². The normalized spacial score (nSPS) is 14.4. The van der Waals surface area contributed by atoms with Gasteiger partial charge in [-0.2, -0.15) is 0 Å². The molecule has 88 valence electrons. The zero-order valence-electron chi connectivity index (χ0n) is 9.66. The van der Waals surface area contributed by atoms with Gasteiger partial charge in [0, 0.05) is 6.92 Å². The van der Waals surface area contributed by atoms with Gasteiger partial charge >= 0.3 is 11.9 Å². The number of carbonyl (C=O) groups is 2. The molecule has 15 heavy (non-hydrogen) atoms. The van der Waals surface area contributed by atoms with Gasteiger partial charge in [-0.15, -0.1) is 0 Å². The highest BCUT2D eigenvalue weighted by Crippen LogP contribution is 2.13. The lowest BCUT2D eigenvalue weighted by Gasteiger charge is -2.16. The summed E-state index contributed by atoms with van der Waals surface area (Å²) >= 11 is 0. The molecule has 0 radical (unpaired) electrons. The highest BCUT2D eigenvalue weighted by molar-refractivity contribution is 5.85. The standard InChI is InChI=1S/C11H20O4/c1-4-5-6-7-10(13)8(2)11(14)15-9(3)12/h8,10,13H,4-7H2,1-3H3. The Bertz CT molecular complexity index is 213. The van der Waals surface area contributed by atoms with E-state index in [2.05, 4.69) is 11.7 Å². The van der Waals surface area contributed by atoms with E-state index in [0.717, 1.165) is 19.3 Å². The van der Waals surface area contributed by atoms with Gasteiger partial charge in [0.15, 0.2) is 0 Å². The van der Waals surface area contributed by atoms with E-state index < -0.39 is 24.0 Å². The Morgan fingerprint density at radius 1 is 1.33 bits per heavy atom. The van der Waals surface area contributed by atoms with Crippen LogP contribution in [0.5, 0.6) is 0 Å². The Kier molecular flexibility index (Phi) is 6.96. The third-order valence-electron chi connectivity index (χ3n) is 2.30. The van der Waals surface area contributed by atoms with E-state index in [4.69, 9.17) is 0 Å². The van der Waals surface area contributed by atoms with Crippen LogP contribution in [-0.2, 0) is 14.3 Å². The van der Waals surface area contributed by atoms with Crippen molar-refractivity contribution in [3.05, 3.63) is 0 Å². The van der Waals surface area contributed by atoms with Crippen molar-refractivity contribution in [3.8, 4) is 0 Å². The van der Waals surface area contributed by atoms with Gasteiger partial charge < -0.3 is 9.84 Å². The van der Waals surface area contributed by atoms with Gasteiger partial charge in [-0.3, -0.25) is 9.59 Å². The Labute approximate surface area is 90.6 Å². The minimum absolute atomic E-state index is 0.571. The predicted molar refractivity (Wildman–Crippen MR) is 56.1 cm³/mol. The molecule has 0 heterocycles. The van der Waals surface area contributed by atoms with Crippen LogP contribution in [0.15, 0.2) is 0 Å². The van der Waals surface area contributed by atoms with Crippen LogP contribution in [0.2, 0.25) is 0 Å². The van der Waals surface area contributed by atoms with Crippen LogP contribution >= 0.6 is 0 Å². The summed E-state index contributed by atoms with van der Waals surface area (Å²) in [7, 11) is 0. The maximum atomic E-state index is 11.2. The number of aliphatic hydroxyl groups is 1. The number of esters is 2. The molecular weight excluding hydrogens is 196 g/mol. The molecule has 0 aliphatic heterocycles. The van der Waals surface area contributed by atoms with Crippen molar-refractivity contribution >= 4 is 11.9 Å². The number of carbonyl (C=O) groups excluding carboxylic acids is 2. The fourth-order valence-corrected chi connectivity index (χ4v) is 1.25. The number of rotatable bonds is 6. The van der Waals surface area contributed by atoms with Gasteiger partial charge in [0.05, 0.1) is 12.0 Å². The second-order valence-electron chi connectivity index (χ2n) is 3.76. The Hall–Kier alpha value is -0.900. The zero-order valence-corrected chi connectivity index (χ0v) is 9.66. The quantitative estimate of drug-likeness (QED) is 0.416. The van der Waals surface area contributed by atoms with Crippen molar-refractivity contribution in [2.24, 2.45) is 5.92 Å². The van der Waals surface area contributed by atoms with Gasteiger partial charge in [0.25, 0.3) is 0 Å². The van der Waals surface area contributed by atoms with Crippen molar-refractivity contribution in [1.82, 2.24) is 0 Å². The summed E-state index contributed by atoms with van der Waals surface area (Å²) in [6, 6.07) is 0. The van der Waals surface area contributed by atoms with Gasteiger partial charge in [0.2, 0.25) is 0 Å². The molecule has 4 heteroatoms. The summed E-state index contributed by atoms with van der Waals surface area (Å²) in [5, 5.41) is 9.62. The second-order valence-corrected chi connectivity index (χ2v) is 3.76. The third-order valence-corrected chi connectivity index (χ3v) is 2.30. The van der Waals surface area contributed by atoms with E-state index >= 15 is 0 Å². The van der Waals surface area contributed by atoms with Gasteiger partial charge in [-0.1, -0.05) is 26.2 Å². The number of hydrogen-bond acceptors (Lipinski definition) is 4. The summed E-state index contributed by atoms with van der Waals surface area (Å²) < 4.78 is 4.40. The molecular formula is C11H20O4. The second kappa shape index (κ2) is 7.40. The molecule has 1 N–H and O–H groups in total. The third kappa shape index (κ3) is 6.23. The fourth-order valence-electron chi connectivity index (χ4n) is 1.25. The van der Waals surface area contributed by atoms with E-state index in [1.807, 2.05) is 0 Å². The first kappa shape index (κ1) is 14.1. The summed E-state index contributed by atoms with van der Waals surface area (Å²) in [6.45, 7) is 4.82. The monoisotopic (exact) mass is 216 g/mol. The number of ether oxygens (including phenoxy) is 1. The van der Waals surface area contributed by atoms with E-state index in [0.29, 0.717) is 6.42 Å². The largest absolute Gasteiger partial charge is 0.393 e. The van der Waals surface area contributed by atoms with Crippen LogP contribution in [0, 0.1) is 5.92 Å². The Balaban J connectivity index is 3.90. The van der Waals surface area contributed by atoms with Crippen LogP contribution in [0.1, 0.15) is 46.5 Å². The SMILES string of the molecule is CCCCCC(O)C(C)C(=O)OC(C)=O. The average Bonchev–Trinajstić information content (AvgIpc) is 2.15. The first-order valence-electron chi connectivity index (χ1n) is 5.39. The van der Waals surface area contributed by atoms with E-state index in [9.17, 15) is 14.7 Å². The van der Waals surface area contributed by atoms with Crippen molar-refractivity contribution in [2.75, 3.05) is 0 Å². The van der Waals surface area contributed by atoms with Crippen LogP contribution in [0.25, 0.3) is 0 Å². The smallest absolute Gasteiger partial charge is 0.318 e. The van der Waals surface area contributed by atoms with Gasteiger partial charge in [0.1, 0.15) is 0 Å². The molecule has 0 aromatic carbocycles. The predicted octanol–water partition coefficient (Wildman–Crippen LogP) is 1.65. The highest BCUT2D eigenvalue weighted by atomic mass is 16.6. The van der Waals surface area contributed by atoms with Crippen LogP contribution in [-0.4, -0.2) is 23.1 Å². The molecule has 0 aliphatic carbocycles. The minimum Gasteiger partial charge on any atom is -0.393 e. The lowest BCUT2D eigenvalue weighted by molar-refractivity contribution is -0.163. The Morgan fingerprint density at radius 3 is 2.40 bits per heavy atom. The van der Waals surface area contributed by atoms with E-state index in [1.165, 1.54) is 6.92 Å². The molecule has 0 bridgehead atoms. The maximum absolute atomic E-state index is 11.2. The van der Waals surface area contributed by atoms with Crippen LogP contribution < -0.4 is 0 Å². The fraction of sp³-hybridized carbons (Fsp3) is 0.818. The zero-order chi connectivity index (χ0) is 11.8. The lowest BCUT2D eigenvalue weighted by atomic mass is 9.99. The van der Waals surface area contributed by atoms with Crippen LogP contribution in [0.3, 0.4) is 0 Å². The molecule has 0 amide bonds. The molecule has 2 unspecified atom stereocenters. The topological polar surface area (TPSA) is 63.6 Å². The molecule has 0 rings (SSSR count). The lowest BCUT2D eigenvalue weighted by Crippen LogP contribution is -2.28. The molecule has 0 aromatic rings. The molecule has 0 aromatic heterocycles. The van der Waals surface area contributed by atoms with Crippen LogP contribution in [0.4, 0.5) is 0 Å². The molecule has 2 atom stereocenters. The number of aliphatic hydroxyl groups excluding tert-OH is 1. The summed E-state index contributed by atoms with van der Waals surface area (Å²) in [5.41, 5.74) is 0. The minimum atomic E-state index is -0.719. The summed E-state index contributed by atoms with van der Waals surface area (Å²) in [4.78, 5) is 21.7. The number of unbranched alkanes of at least 4 members (excludes halogenated alkanes) is 2. The molecule has 0 saturated heterocycles. The Morgan fingerprint density at radius 2 is 1.93 bits per heavy atom. The maximum Gasteiger partial charge on any atom is 0.318 e. The molecule has 0 saturated carbocycles. The molecule has 0 fully saturated rings. The van der Waals surface area contributed by atoms with Crippen molar-refractivity contribution in [3.63, 3.8) is 0 Å². The molecule has 0 spiro atoms. The van der Waals surface area contributed by atoms with E-state index in [-0.39, 0.29) is 0 Å². The van der Waals surface area contributed by atoms with Crippen molar-refractivity contribution in [1.29, 1.82) is 0 Å². The molecule has 4 nitrogen and oxygen atoms in total. The summed E-state index contributed by atoms with van der Waals surface area (Å²) in [5.74, 6) is -1.91. The first-order valence-corrected chi connectivity index (χ1v) is 5.39. The molecule has 0 aliphatic rings. The van der Waals surface area contributed by atoms with E-state index in [1.54, 1.807) is 6.92 Å². The average molecular weight is 216 g/mol. The van der Waals surface area contributed by atoms with Gasteiger partial charge in [-0.25, -0.2) is 0 Å². The van der Waals surface area contributed by atoms with Crippen molar-refractivity contribution in [2.45, 2.75) is 52.6 Å². The number of hydrogen-bond donors (Lipinski definition) is 1. The summed E-state index contributed by atoms with van der Waals surface area (Å²) in [6.07, 6.45) is 2.84. The highest BCUT2D eigenvalue weighted by Gasteiger charge is 2.23.